The number of hydrogen-bond donors (Lipinski definition) is 1. The van der Waals surface area contributed by atoms with E-state index in [4.69, 9.17) is 4.74 Å². The molecule has 1 heterocycles. The summed E-state index contributed by atoms with van der Waals surface area (Å²) >= 11 is 0. The van der Waals surface area contributed by atoms with Gasteiger partial charge in [0.2, 0.25) is 0 Å². The molecule has 208 valence electrons. The maximum Gasteiger partial charge on any atom is 0.418 e. The van der Waals surface area contributed by atoms with E-state index in [-0.39, 0.29) is 17.7 Å². The van der Waals surface area contributed by atoms with Gasteiger partial charge in [0, 0.05) is 11.6 Å². The van der Waals surface area contributed by atoms with Crippen molar-refractivity contribution in [1.82, 2.24) is 4.98 Å². The van der Waals surface area contributed by atoms with Crippen molar-refractivity contribution in [2.45, 2.75) is 19.2 Å². The first-order valence-electron chi connectivity index (χ1n) is 13.3. The third-order valence-electron chi connectivity index (χ3n) is 7.20. The van der Waals surface area contributed by atoms with E-state index >= 15 is 0 Å². The Labute approximate surface area is 239 Å². The van der Waals surface area contributed by atoms with E-state index in [1.54, 1.807) is 36.5 Å². The number of hydrogen-bond acceptors (Lipinski definition) is 3. The molecule has 0 aliphatic heterocycles. The number of alkyl halides is 3. The Kier molecular flexibility index (Phi) is 7.08. The molecule has 42 heavy (non-hydrogen) atoms. The molecule has 0 radical (unpaired) electrons. The van der Waals surface area contributed by atoms with Gasteiger partial charge in [-0.2, -0.15) is 13.2 Å². The second-order valence-electron chi connectivity index (χ2n) is 10.0. The van der Waals surface area contributed by atoms with Crippen LogP contribution in [0.1, 0.15) is 32.6 Å². The second kappa shape index (κ2) is 11.0. The van der Waals surface area contributed by atoms with Crippen LogP contribution in [-0.2, 0) is 19.2 Å². The third kappa shape index (κ3) is 5.54. The molecule has 0 unspecified atom stereocenters. The van der Waals surface area contributed by atoms with Crippen LogP contribution in [0.4, 0.5) is 13.2 Å². The minimum atomic E-state index is -4.53. The summed E-state index contributed by atoms with van der Waals surface area (Å²) in [7, 11) is 0. The molecule has 0 atom stereocenters. The van der Waals surface area contributed by atoms with Gasteiger partial charge in [-0.3, -0.25) is 4.98 Å². The molecular weight excluding hydrogens is 539 g/mol. The number of rotatable bonds is 7. The predicted octanol–water partition coefficient (Wildman–Crippen LogP) is 8.94. The second-order valence-corrected chi connectivity index (χ2v) is 10.0. The Morgan fingerprint density at radius 1 is 0.786 bits per heavy atom. The molecule has 4 nitrogen and oxygen atoms in total. The van der Waals surface area contributed by atoms with Gasteiger partial charge in [0.05, 0.1) is 16.6 Å². The molecule has 0 saturated carbocycles. The molecule has 0 bridgehead atoms. The van der Waals surface area contributed by atoms with Crippen molar-refractivity contribution in [3.63, 3.8) is 0 Å². The molecule has 0 saturated heterocycles. The van der Waals surface area contributed by atoms with Crippen LogP contribution in [0.15, 0.2) is 115 Å². The number of para-hydroxylation sites is 1. The van der Waals surface area contributed by atoms with Crippen LogP contribution >= 0.6 is 0 Å². The molecule has 0 aliphatic carbocycles. The summed E-state index contributed by atoms with van der Waals surface area (Å²) in [5, 5.41) is 11.3. The molecule has 7 heteroatoms. The Morgan fingerprint density at radius 2 is 1.52 bits per heavy atom. The summed E-state index contributed by atoms with van der Waals surface area (Å²) in [4.78, 5) is 15.6. The van der Waals surface area contributed by atoms with Crippen molar-refractivity contribution >= 4 is 27.6 Å². The van der Waals surface area contributed by atoms with Gasteiger partial charge in [0.25, 0.3) is 0 Å². The zero-order valence-electron chi connectivity index (χ0n) is 22.2. The Hall–Kier alpha value is -5.17. The highest BCUT2D eigenvalue weighted by Gasteiger charge is 2.33. The van der Waals surface area contributed by atoms with E-state index in [0.717, 1.165) is 39.1 Å². The lowest BCUT2D eigenvalue weighted by Crippen LogP contribution is -2.07. The fourth-order valence-corrected chi connectivity index (χ4v) is 5.21. The minimum absolute atomic E-state index is 0.0827. The maximum absolute atomic E-state index is 13.9. The van der Waals surface area contributed by atoms with Crippen LogP contribution in [-0.4, -0.2) is 16.1 Å². The number of aromatic nitrogens is 1. The van der Waals surface area contributed by atoms with Crippen LogP contribution in [0.25, 0.3) is 32.8 Å². The smallest absolute Gasteiger partial charge is 0.418 e. The minimum Gasteiger partial charge on any atom is -0.489 e. The van der Waals surface area contributed by atoms with E-state index in [2.05, 4.69) is 4.98 Å². The summed E-state index contributed by atoms with van der Waals surface area (Å²) in [5.41, 5.74) is 3.53. The lowest BCUT2D eigenvalue weighted by atomic mass is 9.91. The number of fused-ring (bicyclic) bond motifs is 2. The zero-order chi connectivity index (χ0) is 29.3. The lowest BCUT2D eigenvalue weighted by molar-refractivity contribution is -0.136. The van der Waals surface area contributed by atoms with Crippen molar-refractivity contribution in [2.24, 2.45) is 0 Å². The molecule has 6 aromatic rings. The average molecular weight is 564 g/mol. The highest BCUT2D eigenvalue weighted by molar-refractivity contribution is 5.98. The molecule has 1 aromatic heterocycles. The summed E-state index contributed by atoms with van der Waals surface area (Å²) in [6.07, 6.45) is -2.47. The summed E-state index contributed by atoms with van der Waals surface area (Å²) in [5.74, 6) is -0.370. The molecule has 0 aliphatic rings. The molecule has 5 aromatic carbocycles. The fraction of sp³-hybridized carbons (Fsp3) is 0.0857. The monoisotopic (exact) mass is 563 g/mol. The summed E-state index contributed by atoms with van der Waals surface area (Å²) in [6, 6.07) is 31.9. The van der Waals surface area contributed by atoms with E-state index in [1.807, 2.05) is 66.7 Å². The van der Waals surface area contributed by atoms with E-state index in [0.29, 0.717) is 23.1 Å². The number of nitrogens with zero attached hydrogens (tertiary/aromatic N) is 1. The third-order valence-corrected chi connectivity index (χ3v) is 7.20. The SMILES string of the molecule is O=C(O)c1ccc2cc(OCc3cccc(-c4c(Cc5ccccc5)cnc5c(C(F)(F)F)cccc45)c3)ccc2c1. The standard InChI is InChI=1S/C35H24F3NO3/c36-35(37,38)31-11-5-10-30-32(28(20-39-33(30)31)16-22-6-2-1-3-7-22)26-9-4-8-23(17-26)21-42-29-15-14-24-18-27(34(40)41)13-12-25(24)19-29/h1-15,17-20H,16,21H2,(H,40,41). The number of aromatic carboxylic acids is 1. The highest BCUT2D eigenvalue weighted by Crippen LogP contribution is 2.39. The van der Waals surface area contributed by atoms with Gasteiger partial charge in [-0.25, -0.2) is 4.79 Å². The first kappa shape index (κ1) is 27.0. The van der Waals surface area contributed by atoms with Gasteiger partial charge in [-0.15, -0.1) is 0 Å². The maximum atomic E-state index is 13.9. The van der Waals surface area contributed by atoms with Gasteiger partial charge >= 0.3 is 12.1 Å². The van der Waals surface area contributed by atoms with Crippen LogP contribution < -0.4 is 4.74 Å². The van der Waals surface area contributed by atoms with Crippen LogP contribution in [0, 0.1) is 0 Å². The number of pyridine rings is 1. The quantitative estimate of drug-likeness (QED) is 0.211. The van der Waals surface area contributed by atoms with E-state index < -0.39 is 17.7 Å². The first-order valence-corrected chi connectivity index (χ1v) is 13.3. The van der Waals surface area contributed by atoms with Gasteiger partial charge in [0.15, 0.2) is 0 Å². The van der Waals surface area contributed by atoms with Crippen LogP contribution in [0.2, 0.25) is 0 Å². The van der Waals surface area contributed by atoms with E-state index in [9.17, 15) is 23.1 Å². The number of carbonyl (C=O) groups is 1. The van der Waals surface area contributed by atoms with Gasteiger partial charge < -0.3 is 9.84 Å². The lowest BCUT2D eigenvalue weighted by Gasteiger charge is -2.17. The van der Waals surface area contributed by atoms with Crippen LogP contribution in [0.3, 0.4) is 0 Å². The Balaban J connectivity index is 1.36. The average Bonchev–Trinajstić information content (AvgIpc) is 2.99. The first-order chi connectivity index (χ1) is 20.3. The van der Waals surface area contributed by atoms with Gasteiger partial charge in [-0.1, -0.05) is 72.8 Å². The number of ether oxygens (including phenoxy) is 1. The van der Waals surface area contributed by atoms with Crippen molar-refractivity contribution in [3.05, 3.63) is 143 Å². The molecule has 0 amide bonds. The van der Waals surface area contributed by atoms with Gasteiger partial charge in [0.1, 0.15) is 12.4 Å². The molecule has 0 spiro atoms. The van der Waals surface area contributed by atoms with Crippen LogP contribution in [0.5, 0.6) is 5.75 Å². The largest absolute Gasteiger partial charge is 0.489 e. The highest BCUT2D eigenvalue weighted by atomic mass is 19.4. The number of carboxylic acid groups (broad SMARTS) is 1. The Bertz CT molecular complexity index is 1930. The zero-order valence-corrected chi connectivity index (χ0v) is 22.2. The molecule has 0 fully saturated rings. The van der Waals surface area contributed by atoms with Crippen molar-refractivity contribution in [1.29, 1.82) is 0 Å². The number of halogens is 3. The van der Waals surface area contributed by atoms with Crippen molar-refractivity contribution in [3.8, 4) is 16.9 Å². The predicted molar refractivity (Wildman–Crippen MR) is 157 cm³/mol. The van der Waals surface area contributed by atoms with Gasteiger partial charge in [-0.05, 0) is 81.4 Å². The molecule has 6 rings (SSSR count). The van der Waals surface area contributed by atoms with E-state index in [1.165, 1.54) is 6.07 Å². The summed E-state index contributed by atoms with van der Waals surface area (Å²) < 4.78 is 47.8. The fourth-order valence-electron chi connectivity index (χ4n) is 5.21. The summed E-state index contributed by atoms with van der Waals surface area (Å²) in [6.45, 7) is 0.234. The number of benzene rings is 5. The van der Waals surface area contributed by atoms with Crippen molar-refractivity contribution in [2.75, 3.05) is 0 Å². The Morgan fingerprint density at radius 3 is 2.31 bits per heavy atom. The molecular formula is C35H24F3NO3. The normalized spacial score (nSPS) is 11.6. The topological polar surface area (TPSA) is 59.4 Å². The molecule has 1 N–H and O–H groups in total. The van der Waals surface area contributed by atoms with Crippen molar-refractivity contribution < 1.29 is 27.8 Å². The number of carboxylic acids is 1.